The van der Waals surface area contributed by atoms with Gasteiger partial charge in [0.15, 0.2) is 5.65 Å². The molecule has 2 amide bonds. The van der Waals surface area contributed by atoms with Crippen LogP contribution >= 0.6 is 0 Å². The number of carbonyl (C=O) groups is 2. The van der Waals surface area contributed by atoms with Crippen molar-refractivity contribution in [1.29, 1.82) is 0 Å². The summed E-state index contributed by atoms with van der Waals surface area (Å²) in [4.78, 5) is 30.9. The zero-order chi connectivity index (χ0) is 31.4. The summed E-state index contributed by atoms with van der Waals surface area (Å²) in [5.74, 6) is -4.00. The summed E-state index contributed by atoms with van der Waals surface area (Å²) in [5.41, 5.74) is -0.0839. The molecule has 3 aromatic rings. The van der Waals surface area contributed by atoms with Crippen molar-refractivity contribution in [2.75, 3.05) is 0 Å². The number of fused-ring (bicyclic) bond motifs is 1. The predicted octanol–water partition coefficient (Wildman–Crippen LogP) is 6.10. The lowest BCUT2D eigenvalue weighted by Gasteiger charge is -2.33. The Hall–Kier alpha value is -3.58. The van der Waals surface area contributed by atoms with Gasteiger partial charge in [0.05, 0.1) is 35.6 Å². The summed E-state index contributed by atoms with van der Waals surface area (Å²) in [6.45, 7) is 3.79. The standard InChI is InChI=1S/C30H36F5N7O2/c1-17(2)42-22(7-12-36-42)27(44)40-26(19-5-8-29(31,32)9-6-19)21-16-41-23(38-21)13-20(15-37-41)25(18-3-4-18)39-24(43)14-28(10-11-28)30(33,34)35/h7,12-13,15-19,25-26H,3-6,8-11,14H2,1-2H3,(H,39,43)(H,40,44)/t25-,26+/m1/s1. The van der Waals surface area contributed by atoms with Crippen LogP contribution in [0.3, 0.4) is 0 Å². The molecule has 0 saturated heterocycles. The molecule has 14 heteroatoms. The number of nitrogens with one attached hydrogen (secondary N) is 2. The van der Waals surface area contributed by atoms with Gasteiger partial charge in [-0.3, -0.25) is 14.3 Å². The Labute approximate surface area is 251 Å². The van der Waals surface area contributed by atoms with Crippen LogP contribution in [0.4, 0.5) is 22.0 Å². The average Bonchev–Trinajstić information content (AvgIpc) is 3.85. The molecule has 0 radical (unpaired) electrons. The fraction of sp³-hybridized carbons (Fsp3) is 0.633. The van der Waals surface area contributed by atoms with Crippen molar-refractivity contribution in [3.05, 3.63) is 47.7 Å². The number of imidazole rings is 1. The Morgan fingerprint density at radius 2 is 1.68 bits per heavy atom. The van der Waals surface area contributed by atoms with E-state index in [0.717, 1.165) is 12.8 Å². The molecule has 3 aliphatic rings. The van der Waals surface area contributed by atoms with Crippen molar-refractivity contribution >= 4 is 17.5 Å². The molecule has 238 valence electrons. The summed E-state index contributed by atoms with van der Waals surface area (Å²) in [5, 5.41) is 14.5. The first-order valence-electron chi connectivity index (χ1n) is 15.2. The van der Waals surface area contributed by atoms with Crippen LogP contribution in [-0.2, 0) is 4.79 Å². The summed E-state index contributed by atoms with van der Waals surface area (Å²) >= 11 is 0. The minimum atomic E-state index is -4.42. The fourth-order valence-electron chi connectivity index (χ4n) is 6.33. The van der Waals surface area contributed by atoms with E-state index in [4.69, 9.17) is 4.98 Å². The van der Waals surface area contributed by atoms with Gasteiger partial charge < -0.3 is 10.6 Å². The average molecular weight is 622 g/mol. The molecule has 0 unspecified atom stereocenters. The van der Waals surface area contributed by atoms with E-state index in [0.29, 0.717) is 22.6 Å². The van der Waals surface area contributed by atoms with E-state index in [2.05, 4.69) is 20.8 Å². The van der Waals surface area contributed by atoms with Crippen LogP contribution in [0, 0.1) is 17.3 Å². The van der Waals surface area contributed by atoms with Crippen molar-refractivity contribution in [2.45, 2.75) is 102 Å². The van der Waals surface area contributed by atoms with Crippen LogP contribution in [0.1, 0.15) is 112 Å². The molecular weight excluding hydrogens is 585 g/mol. The van der Waals surface area contributed by atoms with Crippen molar-refractivity contribution in [1.82, 2.24) is 35.0 Å². The number of hydrogen-bond donors (Lipinski definition) is 2. The molecule has 2 N–H and O–H groups in total. The first-order valence-corrected chi connectivity index (χ1v) is 15.2. The van der Waals surface area contributed by atoms with Gasteiger partial charge in [0.2, 0.25) is 11.8 Å². The van der Waals surface area contributed by atoms with Crippen LogP contribution in [0.5, 0.6) is 0 Å². The second-order valence-electron chi connectivity index (χ2n) is 13.0. The highest BCUT2D eigenvalue weighted by Gasteiger charge is 2.63. The topological polar surface area (TPSA) is 106 Å². The van der Waals surface area contributed by atoms with Gasteiger partial charge in [-0.1, -0.05) is 0 Å². The summed E-state index contributed by atoms with van der Waals surface area (Å²) in [6.07, 6.45) is 1.12. The highest BCUT2D eigenvalue weighted by molar-refractivity contribution is 5.92. The van der Waals surface area contributed by atoms with Crippen molar-refractivity contribution < 1.29 is 31.5 Å². The number of nitrogens with zero attached hydrogens (tertiary/aromatic N) is 5. The maximum absolute atomic E-state index is 14.1. The number of carbonyl (C=O) groups excluding carboxylic acids is 2. The third-order valence-corrected chi connectivity index (χ3v) is 9.31. The van der Waals surface area contributed by atoms with E-state index >= 15 is 0 Å². The van der Waals surface area contributed by atoms with E-state index < -0.39 is 47.8 Å². The SMILES string of the molecule is CC(C)n1nccc1C(=O)N[C@H](c1cn2ncc([C@H](NC(=O)CC3(C(F)(F)F)CC3)C3CC3)cc2n1)C1CCC(F)(F)CC1. The minimum Gasteiger partial charge on any atom is -0.349 e. The van der Waals surface area contributed by atoms with E-state index in [1.807, 2.05) is 13.8 Å². The Morgan fingerprint density at radius 3 is 2.30 bits per heavy atom. The predicted molar refractivity (Wildman–Crippen MR) is 149 cm³/mol. The van der Waals surface area contributed by atoms with Gasteiger partial charge in [0, 0.05) is 31.5 Å². The van der Waals surface area contributed by atoms with E-state index in [1.165, 1.54) is 10.7 Å². The van der Waals surface area contributed by atoms with E-state index in [9.17, 15) is 31.5 Å². The molecule has 0 bridgehead atoms. The normalized spacial score (nSPS) is 21.3. The Balaban J connectivity index is 1.25. The minimum absolute atomic E-state index is 0.0431. The monoisotopic (exact) mass is 621 g/mol. The van der Waals surface area contributed by atoms with Crippen LogP contribution in [0.25, 0.3) is 5.65 Å². The first kappa shape index (κ1) is 30.4. The third-order valence-electron chi connectivity index (χ3n) is 9.31. The Kier molecular flexibility index (Phi) is 7.68. The molecule has 0 spiro atoms. The molecule has 2 atom stereocenters. The molecule has 9 nitrogen and oxygen atoms in total. The molecule has 3 heterocycles. The smallest absolute Gasteiger partial charge is 0.349 e. The molecule has 3 fully saturated rings. The number of rotatable bonds is 10. The Bertz CT molecular complexity index is 1530. The lowest BCUT2D eigenvalue weighted by Crippen LogP contribution is -2.38. The maximum atomic E-state index is 14.1. The lowest BCUT2D eigenvalue weighted by molar-refractivity contribution is -0.190. The van der Waals surface area contributed by atoms with Crippen LogP contribution in [0.15, 0.2) is 30.7 Å². The van der Waals surface area contributed by atoms with Crippen molar-refractivity contribution in [3.8, 4) is 0 Å². The second kappa shape index (κ2) is 11.1. The quantitative estimate of drug-likeness (QED) is 0.266. The van der Waals surface area contributed by atoms with Gasteiger partial charge in [-0.15, -0.1) is 0 Å². The third kappa shape index (κ3) is 6.16. The number of amides is 2. The maximum Gasteiger partial charge on any atom is 0.395 e. The van der Waals surface area contributed by atoms with Gasteiger partial charge in [-0.05, 0) is 81.9 Å². The zero-order valence-electron chi connectivity index (χ0n) is 24.6. The molecule has 3 aliphatic carbocycles. The van der Waals surface area contributed by atoms with Crippen LogP contribution < -0.4 is 10.6 Å². The summed E-state index contributed by atoms with van der Waals surface area (Å²) < 4.78 is 71.6. The highest BCUT2D eigenvalue weighted by Crippen LogP contribution is 2.60. The molecule has 6 rings (SSSR count). The van der Waals surface area contributed by atoms with Gasteiger partial charge in [-0.2, -0.15) is 23.4 Å². The van der Waals surface area contributed by atoms with Crippen LogP contribution in [-0.4, -0.2) is 48.3 Å². The second-order valence-corrected chi connectivity index (χ2v) is 13.0. The van der Waals surface area contributed by atoms with E-state index in [-0.39, 0.29) is 56.4 Å². The lowest BCUT2D eigenvalue weighted by atomic mass is 9.81. The summed E-state index contributed by atoms with van der Waals surface area (Å²) in [6, 6.07) is 2.09. The fourth-order valence-corrected chi connectivity index (χ4v) is 6.33. The van der Waals surface area contributed by atoms with Crippen LogP contribution in [0.2, 0.25) is 0 Å². The molecular formula is C30H36F5N7O2. The van der Waals surface area contributed by atoms with Crippen molar-refractivity contribution in [2.24, 2.45) is 17.3 Å². The van der Waals surface area contributed by atoms with Gasteiger partial charge in [0.1, 0.15) is 5.69 Å². The zero-order valence-corrected chi connectivity index (χ0v) is 24.6. The van der Waals surface area contributed by atoms with Gasteiger partial charge >= 0.3 is 6.18 Å². The van der Waals surface area contributed by atoms with Crippen molar-refractivity contribution in [3.63, 3.8) is 0 Å². The summed E-state index contributed by atoms with van der Waals surface area (Å²) in [7, 11) is 0. The molecule has 0 aliphatic heterocycles. The Morgan fingerprint density at radius 1 is 1.00 bits per heavy atom. The number of aromatic nitrogens is 5. The molecule has 3 aromatic heterocycles. The number of alkyl halides is 5. The largest absolute Gasteiger partial charge is 0.395 e. The van der Waals surface area contributed by atoms with Gasteiger partial charge in [-0.25, -0.2) is 18.3 Å². The highest BCUT2D eigenvalue weighted by atomic mass is 19.4. The van der Waals surface area contributed by atoms with E-state index in [1.54, 1.807) is 29.2 Å². The first-order chi connectivity index (χ1) is 20.8. The number of hydrogen-bond acceptors (Lipinski definition) is 5. The molecule has 44 heavy (non-hydrogen) atoms. The van der Waals surface area contributed by atoms with Gasteiger partial charge in [0.25, 0.3) is 5.91 Å². The molecule has 0 aromatic carbocycles. The number of halogens is 5. The molecule has 3 saturated carbocycles.